The van der Waals surface area contributed by atoms with Crippen molar-refractivity contribution in [3.05, 3.63) is 33.7 Å². The molecule has 0 atom stereocenters. The zero-order chi connectivity index (χ0) is 19.9. The Balaban J connectivity index is 2.57. The van der Waals surface area contributed by atoms with Crippen LogP contribution in [-0.2, 0) is 15.6 Å². The molecular weight excluding hydrogens is 362 g/mol. The Morgan fingerprint density at radius 3 is 2.04 bits per heavy atom. The van der Waals surface area contributed by atoms with Gasteiger partial charge in [0.2, 0.25) is 0 Å². The smallest absolute Gasteiger partial charge is 0.266 e. The average Bonchev–Trinajstić information content (AvgIpc) is 2.74. The lowest BCUT2D eigenvalue weighted by Gasteiger charge is -2.28. The quantitative estimate of drug-likeness (QED) is 0.538. The molecule has 0 bridgehead atoms. The number of phenols is 1. The predicted octanol–water partition coefficient (Wildman–Crippen LogP) is 5.60. The maximum atomic E-state index is 12.6. The van der Waals surface area contributed by atoms with E-state index in [4.69, 9.17) is 12.2 Å². The van der Waals surface area contributed by atoms with Crippen LogP contribution < -0.4 is 0 Å². The van der Waals surface area contributed by atoms with E-state index < -0.39 is 0 Å². The molecule has 1 aliphatic rings. The molecule has 1 aliphatic heterocycles. The van der Waals surface area contributed by atoms with E-state index in [1.807, 2.05) is 25.1 Å². The summed E-state index contributed by atoms with van der Waals surface area (Å²) in [4.78, 5) is 15.0. The molecule has 0 aromatic heterocycles. The molecule has 1 amide bonds. The molecule has 3 nitrogen and oxygen atoms in total. The van der Waals surface area contributed by atoms with Gasteiger partial charge in [0.05, 0.1) is 4.91 Å². The summed E-state index contributed by atoms with van der Waals surface area (Å²) >= 11 is 6.71. The summed E-state index contributed by atoms with van der Waals surface area (Å²) in [5, 5.41) is 10.8. The highest BCUT2D eigenvalue weighted by atomic mass is 32.2. The summed E-state index contributed by atoms with van der Waals surface area (Å²) in [6.07, 6.45) is 2.78. The van der Waals surface area contributed by atoms with Gasteiger partial charge in [0.1, 0.15) is 10.1 Å². The topological polar surface area (TPSA) is 40.5 Å². The van der Waals surface area contributed by atoms with E-state index in [9.17, 15) is 9.90 Å². The van der Waals surface area contributed by atoms with Crippen LogP contribution in [0.5, 0.6) is 5.75 Å². The largest absolute Gasteiger partial charge is 0.507 e. The van der Waals surface area contributed by atoms with Crippen molar-refractivity contribution in [2.45, 2.75) is 65.7 Å². The summed E-state index contributed by atoms with van der Waals surface area (Å²) in [6.45, 7) is 15.2. The molecular formula is C21H29NO2S2. The highest BCUT2D eigenvalue weighted by molar-refractivity contribution is 8.26. The minimum absolute atomic E-state index is 0.0236. The summed E-state index contributed by atoms with van der Waals surface area (Å²) < 4.78 is 0.619. The van der Waals surface area contributed by atoms with Crippen molar-refractivity contribution in [3.63, 3.8) is 0 Å². The maximum Gasteiger partial charge on any atom is 0.266 e. The van der Waals surface area contributed by atoms with Crippen molar-refractivity contribution >= 4 is 40.3 Å². The van der Waals surface area contributed by atoms with Crippen molar-refractivity contribution in [1.29, 1.82) is 0 Å². The number of phenolic OH excluding ortho intramolecular Hbond substituents is 1. The van der Waals surface area contributed by atoms with Crippen LogP contribution in [0.1, 0.15) is 71.6 Å². The van der Waals surface area contributed by atoms with E-state index >= 15 is 0 Å². The van der Waals surface area contributed by atoms with Crippen LogP contribution in [0.15, 0.2) is 17.0 Å². The Kier molecular flexibility index (Phi) is 5.93. The number of hydrogen-bond acceptors (Lipinski definition) is 4. The van der Waals surface area contributed by atoms with Crippen LogP contribution in [0, 0.1) is 0 Å². The Morgan fingerprint density at radius 1 is 1.12 bits per heavy atom. The standard InChI is InChI=1S/C21H29NO2S2/c1-8-9-22-18(24)16(26-19(22)25)12-13-10-14(20(2,3)4)17(23)15(11-13)21(5,6)7/h10-12,23H,8-9H2,1-7H3/b16-12-. The molecule has 5 heteroatoms. The first-order chi connectivity index (χ1) is 11.9. The second kappa shape index (κ2) is 7.35. The molecule has 0 unspecified atom stereocenters. The van der Waals surface area contributed by atoms with Crippen LogP contribution in [0.3, 0.4) is 0 Å². The molecule has 0 saturated carbocycles. The van der Waals surface area contributed by atoms with Crippen LogP contribution in [0.25, 0.3) is 6.08 Å². The first-order valence-corrected chi connectivity index (χ1v) is 10.2. The number of thiocarbonyl (C=S) groups is 1. The highest BCUT2D eigenvalue weighted by Crippen LogP contribution is 2.41. The van der Waals surface area contributed by atoms with E-state index in [1.54, 1.807) is 4.90 Å². The van der Waals surface area contributed by atoms with Gasteiger partial charge in [-0.2, -0.15) is 0 Å². The molecule has 1 saturated heterocycles. The van der Waals surface area contributed by atoms with Crippen molar-refractivity contribution in [3.8, 4) is 5.75 Å². The summed E-state index contributed by atoms with van der Waals surface area (Å²) in [5.41, 5.74) is 2.30. The predicted molar refractivity (Wildman–Crippen MR) is 116 cm³/mol. The fourth-order valence-corrected chi connectivity index (χ4v) is 4.26. The number of amides is 1. The Morgan fingerprint density at radius 2 is 1.62 bits per heavy atom. The zero-order valence-electron chi connectivity index (χ0n) is 16.8. The van der Waals surface area contributed by atoms with Crippen LogP contribution in [0.2, 0.25) is 0 Å². The molecule has 1 aromatic rings. The van der Waals surface area contributed by atoms with Crippen molar-refractivity contribution in [2.24, 2.45) is 0 Å². The van der Waals surface area contributed by atoms with Gasteiger partial charge in [-0.15, -0.1) is 0 Å². The number of carbonyl (C=O) groups excluding carboxylic acids is 1. The molecule has 0 spiro atoms. The van der Waals surface area contributed by atoms with Gasteiger partial charge >= 0.3 is 0 Å². The minimum Gasteiger partial charge on any atom is -0.507 e. The van der Waals surface area contributed by atoms with Crippen molar-refractivity contribution < 1.29 is 9.90 Å². The number of carbonyl (C=O) groups is 1. The number of thioether (sulfide) groups is 1. The third-order valence-corrected chi connectivity index (χ3v) is 5.74. The van der Waals surface area contributed by atoms with Gasteiger partial charge < -0.3 is 5.11 Å². The van der Waals surface area contributed by atoms with E-state index in [0.29, 0.717) is 21.5 Å². The van der Waals surface area contributed by atoms with E-state index in [2.05, 4.69) is 41.5 Å². The van der Waals surface area contributed by atoms with Gasteiger partial charge in [-0.1, -0.05) is 72.4 Å². The van der Waals surface area contributed by atoms with Gasteiger partial charge in [-0.25, -0.2) is 0 Å². The average molecular weight is 392 g/mol. The third kappa shape index (κ3) is 4.32. The molecule has 0 radical (unpaired) electrons. The third-order valence-electron chi connectivity index (χ3n) is 4.37. The van der Waals surface area contributed by atoms with Gasteiger partial charge in [0, 0.05) is 17.7 Å². The number of nitrogens with zero attached hydrogens (tertiary/aromatic N) is 1. The van der Waals surface area contributed by atoms with Gasteiger partial charge in [0.15, 0.2) is 0 Å². The molecule has 142 valence electrons. The number of hydrogen-bond donors (Lipinski definition) is 1. The van der Waals surface area contributed by atoms with Gasteiger partial charge in [0.25, 0.3) is 5.91 Å². The van der Waals surface area contributed by atoms with Crippen LogP contribution in [0.4, 0.5) is 0 Å². The first kappa shape index (κ1) is 21.0. The molecule has 1 aromatic carbocycles. The van der Waals surface area contributed by atoms with Gasteiger partial charge in [-0.3, -0.25) is 9.69 Å². The minimum atomic E-state index is -0.199. The second-order valence-electron chi connectivity index (χ2n) is 8.80. The zero-order valence-corrected chi connectivity index (χ0v) is 18.4. The van der Waals surface area contributed by atoms with Crippen molar-refractivity contribution in [2.75, 3.05) is 6.54 Å². The second-order valence-corrected chi connectivity index (χ2v) is 10.5. The molecule has 0 aliphatic carbocycles. The molecule has 1 heterocycles. The lowest BCUT2D eigenvalue weighted by Crippen LogP contribution is -2.28. The summed E-state index contributed by atoms with van der Waals surface area (Å²) in [5.74, 6) is 0.324. The maximum absolute atomic E-state index is 12.6. The lowest BCUT2D eigenvalue weighted by molar-refractivity contribution is -0.122. The normalized spacial score (nSPS) is 17.5. The Hall–Kier alpha value is -1.33. The SMILES string of the molecule is CCCN1C(=O)/C(=C/c2cc(C(C)(C)C)c(O)c(C(C)(C)C)c2)SC1=S. The number of rotatable bonds is 3. The lowest BCUT2D eigenvalue weighted by atomic mass is 9.78. The van der Waals surface area contributed by atoms with Crippen molar-refractivity contribution in [1.82, 2.24) is 4.90 Å². The summed E-state index contributed by atoms with van der Waals surface area (Å²) in [6, 6.07) is 3.97. The summed E-state index contributed by atoms with van der Waals surface area (Å²) in [7, 11) is 0. The Labute approximate surface area is 166 Å². The highest BCUT2D eigenvalue weighted by Gasteiger charge is 2.32. The van der Waals surface area contributed by atoms with E-state index in [1.165, 1.54) is 11.8 Å². The van der Waals surface area contributed by atoms with Gasteiger partial charge in [-0.05, 0) is 41.0 Å². The molecule has 1 N–H and O–H groups in total. The fourth-order valence-electron chi connectivity index (χ4n) is 2.95. The number of benzene rings is 1. The number of aromatic hydroxyl groups is 1. The monoisotopic (exact) mass is 391 g/mol. The van der Waals surface area contributed by atoms with Crippen LogP contribution in [-0.4, -0.2) is 26.8 Å². The molecule has 1 fully saturated rings. The van der Waals surface area contributed by atoms with E-state index in [0.717, 1.165) is 23.1 Å². The molecule has 2 rings (SSSR count). The fraction of sp³-hybridized carbons (Fsp3) is 0.524. The van der Waals surface area contributed by atoms with Crippen LogP contribution >= 0.6 is 24.0 Å². The molecule has 26 heavy (non-hydrogen) atoms. The Bertz CT molecular complexity index is 732. The van der Waals surface area contributed by atoms with E-state index in [-0.39, 0.29) is 16.7 Å². The first-order valence-electron chi connectivity index (χ1n) is 8.99.